The number of aliphatic hydroxyl groups excluding tert-OH is 2. The van der Waals surface area contributed by atoms with Gasteiger partial charge in [-0.15, -0.1) is 17.9 Å². The number of carbonyl (C=O) groups excluding carboxylic acids is 2. The van der Waals surface area contributed by atoms with Crippen LogP contribution in [0.5, 0.6) is 0 Å². The first-order valence-corrected chi connectivity index (χ1v) is 14.2. The molecule has 0 radical (unpaired) electrons. The average molecular weight is 534 g/mol. The molecule has 0 amide bonds. The number of fused-ring (bicyclic) bond motifs is 1. The van der Waals surface area contributed by atoms with E-state index in [0.717, 1.165) is 35.5 Å². The molecule has 3 heterocycles. The van der Waals surface area contributed by atoms with E-state index in [2.05, 4.69) is 18.5 Å². The molecule has 7 atom stereocenters. The SMILES string of the molecule is C=CC[C@H]1C(=O)C(C)(C)[C@@H](O)CC(=O)O[C@H](C(C)=Cc2csc(C)n2)C[C@@H]2O[C@]2(C)CCC[C@H](C)[C@@H]1O. The molecule has 2 saturated heterocycles. The van der Waals surface area contributed by atoms with Crippen LogP contribution in [0.1, 0.15) is 83.8 Å². The molecular weight excluding hydrogens is 490 g/mol. The lowest BCUT2D eigenvalue weighted by Crippen LogP contribution is -2.46. The van der Waals surface area contributed by atoms with Crippen molar-refractivity contribution >= 4 is 29.2 Å². The van der Waals surface area contributed by atoms with Gasteiger partial charge in [-0.2, -0.15) is 0 Å². The number of esters is 1. The van der Waals surface area contributed by atoms with E-state index < -0.39 is 35.6 Å². The third kappa shape index (κ3) is 7.16. The number of Topliss-reactive ketones (excluding diaryl/α,β-unsaturated/α-hetero) is 1. The number of nitrogens with zero attached hydrogens (tertiary/aromatic N) is 1. The number of carbonyl (C=O) groups is 2. The Labute approximate surface area is 225 Å². The lowest BCUT2D eigenvalue weighted by molar-refractivity contribution is -0.154. The number of allylic oxidation sites excluding steroid dienone is 1. The first-order valence-electron chi connectivity index (χ1n) is 13.3. The summed E-state index contributed by atoms with van der Waals surface area (Å²) in [5, 5.41) is 25.0. The molecule has 0 spiro atoms. The van der Waals surface area contributed by atoms with Crippen LogP contribution in [0.2, 0.25) is 0 Å². The molecule has 0 bridgehead atoms. The van der Waals surface area contributed by atoms with E-state index in [4.69, 9.17) is 9.47 Å². The van der Waals surface area contributed by atoms with Gasteiger partial charge in [0.25, 0.3) is 0 Å². The van der Waals surface area contributed by atoms with Crippen LogP contribution in [0.15, 0.2) is 23.6 Å². The Morgan fingerprint density at radius 3 is 2.62 bits per heavy atom. The summed E-state index contributed by atoms with van der Waals surface area (Å²) in [6.07, 6.45) is 3.71. The minimum atomic E-state index is -1.26. The molecule has 2 fully saturated rings. The molecule has 2 aliphatic heterocycles. The third-order valence-corrected chi connectivity index (χ3v) is 8.96. The predicted octanol–water partition coefficient (Wildman–Crippen LogP) is 5.03. The van der Waals surface area contributed by atoms with Gasteiger partial charge in [0.2, 0.25) is 0 Å². The fraction of sp³-hybridized carbons (Fsp3) is 0.690. The summed E-state index contributed by atoms with van der Waals surface area (Å²) in [4.78, 5) is 31.1. The van der Waals surface area contributed by atoms with Crippen molar-refractivity contribution in [1.29, 1.82) is 0 Å². The van der Waals surface area contributed by atoms with Crippen LogP contribution < -0.4 is 0 Å². The van der Waals surface area contributed by atoms with E-state index in [9.17, 15) is 19.8 Å². The molecule has 0 aromatic carbocycles. The standard InChI is InChI=1S/C29H43NO6S/c1-8-10-21-26(33)17(2)11-9-12-29(7)24(36-29)14-22(18(3)13-20-16-37-19(4)30-20)35-25(32)15-23(31)28(5,6)27(21)34/h8,13,16-17,21-24,26,31,33H,1,9-12,14-15H2,2-7H3/t17-,21+,22-,23-,24-,26-,29+/m0/s1. The zero-order chi connectivity index (χ0) is 27.5. The molecule has 206 valence electrons. The molecule has 8 heteroatoms. The molecule has 1 aromatic heterocycles. The largest absolute Gasteiger partial charge is 0.458 e. The van der Waals surface area contributed by atoms with Gasteiger partial charge in [0.15, 0.2) is 0 Å². The van der Waals surface area contributed by atoms with Crippen molar-refractivity contribution in [2.75, 3.05) is 0 Å². The van der Waals surface area contributed by atoms with Crippen LogP contribution in [0.4, 0.5) is 0 Å². The van der Waals surface area contributed by atoms with Crippen LogP contribution in [-0.2, 0) is 19.1 Å². The summed E-state index contributed by atoms with van der Waals surface area (Å²) >= 11 is 1.56. The van der Waals surface area contributed by atoms with Gasteiger partial charge in [0.1, 0.15) is 11.9 Å². The Balaban J connectivity index is 1.88. The second-order valence-corrected chi connectivity index (χ2v) is 12.7. The molecule has 2 aliphatic rings. The minimum Gasteiger partial charge on any atom is -0.458 e. The molecule has 37 heavy (non-hydrogen) atoms. The van der Waals surface area contributed by atoms with Crippen molar-refractivity contribution in [3.8, 4) is 0 Å². The molecule has 7 nitrogen and oxygen atoms in total. The first-order chi connectivity index (χ1) is 17.3. The molecule has 0 aliphatic carbocycles. The molecule has 2 N–H and O–H groups in total. The zero-order valence-electron chi connectivity index (χ0n) is 23.0. The average Bonchev–Trinajstić information content (AvgIpc) is 3.27. The number of aromatic nitrogens is 1. The van der Waals surface area contributed by atoms with E-state index in [1.807, 2.05) is 32.2 Å². The summed E-state index contributed by atoms with van der Waals surface area (Å²) in [6.45, 7) is 14.9. The van der Waals surface area contributed by atoms with E-state index in [-0.39, 0.29) is 29.8 Å². The van der Waals surface area contributed by atoms with Crippen LogP contribution >= 0.6 is 11.3 Å². The summed E-state index contributed by atoms with van der Waals surface area (Å²) in [7, 11) is 0. The quantitative estimate of drug-likeness (QED) is 0.317. The van der Waals surface area contributed by atoms with Crippen molar-refractivity contribution < 1.29 is 29.3 Å². The Morgan fingerprint density at radius 1 is 1.30 bits per heavy atom. The van der Waals surface area contributed by atoms with Crippen LogP contribution in [0.3, 0.4) is 0 Å². The fourth-order valence-corrected chi connectivity index (χ4v) is 5.86. The van der Waals surface area contributed by atoms with Crippen molar-refractivity contribution in [3.05, 3.63) is 34.3 Å². The van der Waals surface area contributed by atoms with Gasteiger partial charge >= 0.3 is 5.97 Å². The van der Waals surface area contributed by atoms with Gasteiger partial charge in [-0.3, -0.25) is 9.59 Å². The second-order valence-electron chi connectivity index (χ2n) is 11.6. The lowest BCUT2D eigenvalue weighted by Gasteiger charge is -2.35. The smallest absolute Gasteiger partial charge is 0.309 e. The zero-order valence-corrected chi connectivity index (χ0v) is 23.8. The number of rotatable bonds is 4. The number of aryl methyl sites for hydroxylation is 1. The van der Waals surface area contributed by atoms with Crippen molar-refractivity contribution in [2.45, 2.75) is 110 Å². The highest BCUT2D eigenvalue weighted by Crippen LogP contribution is 2.45. The van der Waals surface area contributed by atoms with E-state index >= 15 is 0 Å². The van der Waals surface area contributed by atoms with Crippen LogP contribution in [0, 0.1) is 24.2 Å². The summed E-state index contributed by atoms with van der Waals surface area (Å²) in [5.74, 6) is -1.67. The maximum Gasteiger partial charge on any atom is 0.309 e. The predicted molar refractivity (Wildman–Crippen MR) is 145 cm³/mol. The Kier molecular flexibility index (Phi) is 9.54. The van der Waals surface area contributed by atoms with Gasteiger partial charge in [-0.25, -0.2) is 4.98 Å². The second kappa shape index (κ2) is 11.9. The molecular formula is C29H43NO6S. The van der Waals surface area contributed by atoms with Gasteiger partial charge < -0.3 is 19.7 Å². The summed E-state index contributed by atoms with van der Waals surface area (Å²) < 4.78 is 12.0. The first kappa shape index (κ1) is 29.7. The van der Waals surface area contributed by atoms with E-state index in [0.29, 0.717) is 12.8 Å². The number of aliphatic hydroxyl groups is 2. The number of ketones is 1. The number of cyclic esters (lactones) is 1. The fourth-order valence-electron chi connectivity index (χ4n) is 5.29. The third-order valence-electron chi connectivity index (χ3n) is 8.17. The molecule has 0 saturated carbocycles. The van der Waals surface area contributed by atoms with Gasteiger partial charge in [-0.1, -0.05) is 33.3 Å². The summed E-state index contributed by atoms with van der Waals surface area (Å²) in [6, 6.07) is 0. The molecule has 3 rings (SSSR count). The van der Waals surface area contributed by atoms with Crippen molar-refractivity contribution in [1.82, 2.24) is 4.98 Å². The monoisotopic (exact) mass is 533 g/mol. The van der Waals surface area contributed by atoms with E-state index in [1.165, 1.54) is 0 Å². The minimum absolute atomic E-state index is 0.0598. The maximum absolute atomic E-state index is 13.6. The van der Waals surface area contributed by atoms with Crippen molar-refractivity contribution in [2.24, 2.45) is 17.3 Å². The van der Waals surface area contributed by atoms with Gasteiger partial charge in [-0.05, 0) is 57.6 Å². The number of hydrogen-bond donors (Lipinski definition) is 2. The van der Waals surface area contributed by atoms with Crippen LogP contribution in [-0.4, -0.2) is 57.0 Å². The highest BCUT2D eigenvalue weighted by atomic mass is 32.1. The highest BCUT2D eigenvalue weighted by molar-refractivity contribution is 7.09. The normalized spacial score (nSPS) is 35.9. The maximum atomic E-state index is 13.6. The topological polar surface area (TPSA) is 109 Å². The van der Waals surface area contributed by atoms with Crippen LogP contribution in [0.25, 0.3) is 6.08 Å². The van der Waals surface area contributed by atoms with E-state index in [1.54, 1.807) is 31.3 Å². The Morgan fingerprint density at radius 2 is 2.00 bits per heavy atom. The number of hydrogen-bond acceptors (Lipinski definition) is 8. The highest BCUT2D eigenvalue weighted by Gasteiger charge is 2.53. The van der Waals surface area contributed by atoms with Gasteiger partial charge in [0.05, 0.1) is 46.5 Å². The number of epoxide rings is 1. The number of ether oxygens (including phenoxy) is 2. The molecule has 0 unspecified atom stereocenters. The van der Waals surface area contributed by atoms with Gasteiger partial charge in [0, 0.05) is 17.7 Å². The summed E-state index contributed by atoms with van der Waals surface area (Å²) in [5.41, 5.74) is 0.101. The Bertz CT molecular complexity index is 1020. The Hall–Kier alpha value is -1.87. The lowest BCUT2D eigenvalue weighted by atomic mass is 9.71. The molecule has 1 aromatic rings. The number of thiazole rings is 1. The van der Waals surface area contributed by atoms with Crippen molar-refractivity contribution in [3.63, 3.8) is 0 Å².